The first-order valence-corrected chi connectivity index (χ1v) is 8.22. The Labute approximate surface area is 151 Å². The van der Waals surface area contributed by atoms with Crippen molar-refractivity contribution in [1.82, 2.24) is 9.88 Å². The molecular weight excluding hydrogens is 336 g/mol. The largest absolute Gasteiger partial charge is 0.493 e. The smallest absolute Gasteiger partial charge is 0.305 e. The summed E-state index contributed by atoms with van der Waals surface area (Å²) >= 11 is 0. The molecule has 7 heteroatoms. The molecule has 0 fully saturated rings. The van der Waals surface area contributed by atoms with Crippen molar-refractivity contribution in [2.24, 2.45) is 0 Å². The van der Waals surface area contributed by atoms with Crippen molar-refractivity contribution in [3.63, 3.8) is 0 Å². The molecule has 2 heterocycles. The van der Waals surface area contributed by atoms with E-state index in [0.717, 1.165) is 11.1 Å². The molecule has 1 unspecified atom stereocenters. The molecule has 1 aromatic carbocycles. The molecule has 136 valence electrons. The van der Waals surface area contributed by atoms with Gasteiger partial charge in [-0.05, 0) is 41.8 Å². The number of carboxylic acid groups (broad SMARTS) is 1. The van der Waals surface area contributed by atoms with Crippen LogP contribution in [-0.2, 0) is 11.2 Å². The minimum atomic E-state index is -0.971. The Morgan fingerprint density at radius 3 is 2.62 bits per heavy atom. The van der Waals surface area contributed by atoms with Crippen LogP contribution in [0, 0.1) is 0 Å². The third-order valence-electron chi connectivity index (χ3n) is 4.54. The van der Waals surface area contributed by atoms with E-state index in [-0.39, 0.29) is 12.3 Å². The second kappa shape index (κ2) is 7.43. The van der Waals surface area contributed by atoms with E-state index in [1.807, 2.05) is 6.07 Å². The van der Waals surface area contributed by atoms with Crippen molar-refractivity contribution in [2.75, 3.05) is 20.8 Å². The Morgan fingerprint density at radius 2 is 2.00 bits per heavy atom. The number of benzene rings is 1. The summed E-state index contributed by atoms with van der Waals surface area (Å²) in [7, 11) is 3.08. The Balaban J connectivity index is 2.04. The van der Waals surface area contributed by atoms with E-state index < -0.39 is 12.0 Å². The van der Waals surface area contributed by atoms with Crippen LogP contribution in [0.2, 0.25) is 0 Å². The number of carbonyl (C=O) groups excluding carboxylic acids is 1. The predicted octanol–water partition coefficient (Wildman–Crippen LogP) is 2.31. The second-order valence-corrected chi connectivity index (χ2v) is 6.01. The van der Waals surface area contributed by atoms with Crippen LogP contribution in [0.3, 0.4) is 0 Å². The molecule has 7 nitrogen and oxygen atoms in total. The number of aromatic nitrogens is 1. The van der Waals surface area contributed by atoms with Gasteiger partial charge in [0, 0.05) is 18.9 Å². The summed E-state index contributed by atoms with van der Waals surface area (Å²) in [5.41, 5.74) is 2.17. The number of hydrogen-bond acceptors (Lipinski definition) is 5. The number of amides is 1. The fourth-order valence-corrected chi connectivity index (χ4v) is 3.31. The summed E-state index contributed by atoms with van der Waals surface area (Å²) in [5.74, 6) is -0.101. The molecule has 1 aliphatic rings. The predicted molar refractivity (Wildman–Crippen MR) is 93.5 cm³/mol. The van der Waals surface area contributed by atoms with Crippen molar-refractivity contribution >= 4 is 11.9 Å². The van der Waals surface area contributed by atoms with Crippen LogP contribution in [0.5, 0.6) is 11.5 Å². The lowest BCUT2D eigenvalue weighted by molar-refractivity contribution is -0.138. The van der Waals surface area contributed by atoms with Crippen LogP contribution in [0.4, 0.5) is 0 Å². The van der Waals surface area contributed by atoms with Gasteiger partial charge < -0.3 is 19.5 Å². The zero-order valence-electron chi connectivity index (χ0n) is 14.6. The van der Waals surface area contributed by atoms with Gasteiger partial charge in [-0.1, -0.05) is 0 Å². The van der Waals surface area contributed by atoms with E-state index in [0.29, 0.717) is 30.0 Å². The van der Waals surface area contributed by atoms with E-state index >= 15 is 0 Å². The summed E-state index contributed by atoms with van der Waals surface area (Å²) in [6, 6.07) is 6.41. The van der Waals surface area contributed by atoms with Gasteiger partial charge in [-0.15, -0.1) is 0 Å². The van der Waals surface area contributed by atoms with Gasteiger partial charge in [0.1, 0.15) is 0 Å². The van der Waals surface area contributed by atoms with Crippen LogP contribution in [-0.4, -0.2) is 47.6 Å². The SMILES string of the molecule is COc1cc2c(cc1OC)C(CC(=O)O)N(C(=O)c1cccnc1)CC2. The first-order chi connectivity index (χ1) is 12.5. The van der Waals surface area contributed by atoms with Crippen molar-refractivity contribution in [2.45, 2.75) is 18.9 Å². The Kier molecular flexibility index (Phi) is 5.06. The third kappa shape index (κ3) is 3.33. The van der Waals surface area contributed by atoms with Crippen molar-refractivity contribution in [3.8, 4) is 11.5 Å². The van der Waals surface area contributed by atoms with Crippen molar-refractivity contribution in [1.29, 1.82) is 0 Å². The number of nitrogens with zero attached hydrogens (tertiary/aromatic N) is 2. The topological polar surface area (TPSA) is 89.0 Å². The van der Waals surface area contributed by atoms with Gasteiger partial charge >= 0.3 is 5.97 Å². The van der Waals surface area contributed by atoms with Gasteiger partial charge in [-0.25, -0.2) is 0 Å². The zero-order valence-corrected chi connectivity index (χ0v) is 14.6. The van der Waals surface area contributed by atoms with Crippen molar-refractivity contribution in [3.05, 3.63) is 53.3 Å². The van der Waals surface area contributed by atoms with Crippen LogP contribution in [0.15, 0.2) is 36.7 Å². The number of rotatable bonds is 5. The van der Waals surface area contributed by atoms with Gasteiger partial charge in [0.2, 0.25) is 0 Å². The van der Waals surface area contributed by atoms with Crippen molar-refractivity contribution < 1.29 is 24.2 Å². The normalized spacial score (nSPS) is 15.9. The first-order valence-electron chi connectivity index (χ1n) is 8.22. The second-order valence-electron chi connectivity index (χ2n) is 6.01. The molecule has 1 aliphatic heterocycles. The minimum Gasteiger partial charge on any atom is -0.493 e. The summed E-state index contributed by atoms with van der Waals surface area (Å²) < 4.78 is 10.7. The number of aliphatic carboxylic acids is 1. The Bertz CT molecular complexity index is 822. The molecule has 1 N–H and O–H groups in total. The highest BCUT2D eigenvalue weighted by molar-refractivity contribution is 5.94. The quantitative estimate of drug-likeness (QED) is 0.884. The van der Waals surface area contributed by atoms with E-state index in [4.69, 9.17) is 9.47 Å². The summed E-state index contributed by atoms with van der Waals surface area (Å²) in [6.07, 6.45) is 3.50. The number of pyridine rings is 1. The molecule has 0 aliphatic carbocycles. The average molecular weight is 356 g/mol. The highest BCUT2D eigenvalue weighted by Gasteiger charge is 2.34. The van der Waals surface area contributed by atoms with E-state index in [1.54, 1.807) is 36.4 Å². The molecular formula is C19H20N2O5. The lowest BCUT2D eigenvalue weighted by Gasteiger charge is -2.37. The van der Waals surface area contributed by atoms with E-state index in [1.165, 1.54) is 13.3 Å². The zero-order chi connectivity index (χ0) is 18.7. The molecule has 26 heavy (non-hydrogen) atoms. The van der Waals surface area contributed by atoms with Crippen LogP contribution < -0.4 is 9.47 Å². The molecule has 3 rings (SSSR count). The number of carbonyl (C=O) groups is 2. The van der Waals surface area contributed by atoms with Crippen LogP contribution in [0.25, 0.3) is 0 Å². The standard InChI is InChI=1S/C19H20N2O5/c1-25-16-8-12-5-7-21(19(24)13-4-3-6-20-11-13)15(10-18(22)23)14(12)9-17(16)26-2/h3-4,6,8-9,11,15H,5,7,10H2,1-2H3,(H,22,23). The van der Waals surface area contributed by atoms with Gasteiger partial charge in [-0.2, -0.15) is 0 Å². The number of fused-ring (bicyclic) bond motifs is 1. The maximum Gasteiger partial charge on any atom is 0.305 e. The monoisotopic (exact) mass is 356 g/mol. The van der Waals surface area contributed by atoms with Crippen LogP contribution in [0.1, 0.15) is 33.9 Å². The molecule has 1 aromatic heterocycles. The summed E-state index contributed by atoms with van der Waals surface area (Å²) in [4.78, 5) is 29.9. The number of hydrogen-bond donors (Lipinski definition) is 1. The third-order valence-corrected chi connectivity index (χ3v) is 4.54. The minimum absolute atomic E-state index is 0.186. The maximum atomic E-state index is 12.9. The Hall–Kier alpha value is -3.09. The highest BCUT2D eigenvalue weighted by atomic mass is 16.5. The molecule has 0 saturated carbocycles. The molecule has 0 radical (unpaired) electrons. The van der Waals surface area contributed by atoms with Gasteiger partial charge in [-0.3, -0.25) is 14.6 Å². The molecule has 0 saturated heterocycles. The fourth-order valence-electron chi connectivity index (χ4n) is 3.31. The average Bonchev–Trinajstić information content (AvgIpc) is 2.67. The lowest BCUT2D eigenvalue weighted by atomic mass is 9.89. The van der Waals surface area contributed by atoms with E-state index in [2.05, 4.69) is 4.98 Å². The number of ether oxygens (including phenoxy) is 2. The molecule has 0 spiro atoms. The maximum absolute atomic E-state index is 12.9. The summed E-state index contributed by atoms with van der Waals surface area (Å²) in [5, 5.41) is 9.38. The van der Waals surface area contributed by atoms with Gasteiger partial charge in [0.15, 0.2) is 11.5 Å². The summed E-state index contributed by atoms with van der Waals surface area (Å²) in [6.45, 7) is 0.425. The molecule has 2 aromatic rings. The van der Waals surface area contributed by atoms with E-state index in [9.17, 15) is 14.7 Å². The molecule has 1 amide bonds. The Morgan fingerprint density at radius 1 is 1.27 bits per heavy atom. The van der Waals surface area contributed by atoms with Gasteiger partial charge in [0.05, 0.1) is 32.2 Å². The first kappa shape index (κ1) is 17.7. The van der Waals surface area contributed by atoms with Crippen LogP contribution >= 0.6 is 0 Å². The number of carboxylic acids is 1. The lowest BCUT2D eigenvalue weighted by Crippen LogP contribution is -2.41. The highest BCUT2D eigenvalue weighted by Crippen LogP contribution is 2.39. The van der Waals surface area contributed by atoms with Gasteiger partial charge in [0.25, 0.3) is 5.91 Å². The number of methoxy groups -OCH3 is 2. The fraction of sp³-hybridized carbons (Fsp3) is 0.316. The molecule has 0 bridgehead atoms. The molecule has 1 atom stereocenters.